The summed E-state index contributed by atoms with van der Waals surface area (Å²) in [5.41, 5.74) is 11.3. The molecule has 4 heterocycles. The summed E-state index contributed by atoms with van der Waals surface area (Å²) in [6.45, 7) is 10.0. The zero-order chi connectivity index (χ0) is 42.5. The number of esters is 1. The van der Waals surface area contributed by atoms with Crippen LogP contribution < -0.4 is 23.7 Å². The van der Waals surface area contributed by atoms with Crippen LogP contribution in [-0.2, 0) is 27.1 Å². The molecule has 0 saturated carbocycles. The Morgan fingerprint density at radius 1 is 0.967 bits per heavy atom. The van der Waals surface area contributed by atoms with Gasteiger partial charge in [0.05, 0.1) is 25.3 Å². The summed E-state index contributed by atoms with van der Waals surface area (Å²) in [5.74, 6) is 3.73. The van der Waals surface area contributed by atoms with E-state index in [1.54, 1.807) is 39.0 Å². The Labute approximate surface area is 361 Å². The third-order valence-electron chi connectivity index (χ3n) is 13.1. The van der Waals surface area contributed by atoms with Crippen LogP contribution in [0.25, 0.3) is 11.1 Å². The van der Waals surface area contributed by atoms with Crippen molar-refractivity contribution in [2.75, 3.05) is 53.8 Å². The van der Waals surface area contributed by atoms with Crippen molar-refractivity contribution in [3.63, 3.8) is 0 Å². The number of ether oxygens (including phenoxy) is 7. The number of aryl methyl sites for hydroxylation is 1. The number of hydrogen-bond donors (Lipinski definition) is 0. The Hall–Kier alpha value is -5.45. The Morgan fingerprint density at radius 2 is 1.69 bits per heavy atom. The highest BCUT2D eigenvalue weighted by atomic mass is 32.2. The van der Waals surface area contributed by atoms with Gasteiger partial charge < -0.3 is 33.2 Å². The van der Waals surface area contributed by atoms with Crippen molar-refractivity contribution in [1.82, 2.24) is 9.80 Å². The summed E-state index contributed by atoms with van der Waals surface area (Å²) in [7, 11) is 5.34. The van der Waals surface area contributed by atoms with Crippen LogP contribution in [0.4, 0.5) is 0 Å². The number of benzene rings is 4. The molecular formula is C49H51N3O8S. The van der Waals surface area contributed by atoms with E-state index >= 15 is 0 Å². The molecule has 4 aliphatic heterocycles. The molecule has 0 aromatic heterocycles. The Kier molecular flexibility index (Phi) is 11.3. The molecule has 316 valence electrons. The van der Waals surface area contributed by atoms with Gasteiger partial charge in [-0.25, -0.2) is 4.79 Å². The number of piperazine rings is 1. The predicted molar refractivity (Wildman–Crippen MR) is 234 cm³/mol. The third kappa shape index (κ3) is 6.74. The van der Waals surface area contributed by atoms with Gasteiger partial charge in [0.15, 0.2) is 29.8 Å². The van der Waals surface area contributed by atoms with Crippen LogP contribution in [0.15, 0.2) is 78.2 Å². The second-order valence-corrected chi connectivity index (χ2v) is 17.2. The summed E-state index contributed by atoms with van der Waals surface area (Å²) in [6.07, 6.45) is 2.83. The van der Waals surface area contributed by atoms with E-state index in [0.717, 1.165) is 39.1 Å². The van der Waals surface area contributed by atoms with E-state index < -0.39 is 18.1 Å². The quantitative estimate of drug-likeness (QED) is 0.0559. The summed E-state index contributed by atoms with van der Waals surface area (Å²) < 4.78 is 43.0. The number of thioether (sulfide) groups is 1. The number of nitrogens with zero attached hydrogens (tertiary/aromatic N) is 3. The average Bonchev–Trinajstić information content (AvgIpc) is 3.88. The van der Waals surface area contributed by atoms with Crippen molar-refractivity contribution in [2.45, 2.75) is 69.7 Å². The summed E-state index contributed by atoms with van der Waals surface area (Å²) in [5, 5.41) is 13.1. The number of likely N-dealkylation sites (N-methyl/N-ethyl adjacent to an activating group) is 1. The monoisotopic (exact) mass is 841 g/mol. The van der Waals surface area contributed by atoms with E-state index in [9.17, 15) is 10.1 Å². The first-order valence-corrected chi connectivity index (χ1v) is 21.8. The lowest BCUT2D eigenvalue weighted by atomic mass is 9.71. The first-order chi connectivity index (χ1) is 29.7. The van der Waals surface area contributed by atoms with Gasteiger partial charge in [-0.3, -0.25) is 9.80 Å². The van der Waals surface area contributed by atoms with E-state index in [1.165, 1.54) is 22.3 Å². The molecule has 9 rings (SSSR count). The number of carbonyl (C=O) groups is 1. The summed E-state index contributed by atoms with van der Waals surface area (Å²) >= 11 is 1.62. The van der Waals surface area contributed by atoms with Crippen LogP contribution in [0.5, 0.6) is 28.7 Å². The molecular weight excluding hydrogens is 791 g/mol. The fourth-order valence-corrected chi connectivity index (χ4v) is 11.6. The lowest BCUT2D eigenvalue weighted by Crippen LogP contribution is -2.68. The fraction of sp³-hybridized carbons (Fsp3) is 0.388. The van der Waals surface area contributed by atoms with Gasteiger partial charge in [0.25, 0.3) is 0 Å². The van der Waals surface area contributed by atoms with Gasteiger partial charge in [-0.1, -0.05) is 67.3 Å². The van der Waals surface area contributed by atoms with E-state index in [1.807, 2.05) is 19.3 Å². The minimum atomic E-state index is -0.577. The lowest BCUT2D eigenvalue weighted by Gasteiger charge is -2.60. The Morgan fingerprint density at radius 3 is 2.38 bits per heavy atom. The predicted octanol–water partition coefficient (Wildman–Crippen LogP) is 8.35. The molecule has 1 aliphatic carbocycles. The normalized spacial score (nSPS) is 22.2. The maximum absolute atomic E-state index is 14.1. The largest absolute Gasteiger partial charge is 0.493 e. The first-order valence-electron chi connectivity index (χ1n) is 20.8. The van der Waals surface area contributed by atoms with Crippen molar-refractivity contribution < 1.29 is 38.0 Å². The zero-order valence-electron chi connectivity index (χ0n) is 35.5. The standard InChI is InChI=1S/C49H51N3O8S/c1-8-17-56-45-29(4)46-48(60-26-59-46)42-35(45)20-38-43-41-30(18-27(2)44(55-7)47(41)58-25-54-6)19-37(51(43)5)39(21-50)52(38)40(42)22-57-49(53)28(3)23-61-24-36-33-15-11-9-13-31(33)32-14-10-12-16-34(32)36/h8-16,18,23,36-40,43H,1,17,19-20,22,24-26H2,2-7H3/b28-23-/t37-,38?,39-,40-,43+/m0/s1. The fourth-order valence-electron chi connectivity index (χ4n) is 10.6. The van der Waals surface area contributed by atoms with Gasteiger partial charge in [-0.05, 0) is 79.4 Å². The van der Waals surface area contributed by atoms with Crippen molar-refractivity contribution >= 4 is 17.7 Å². The number of methoxy groups -OCH3 is 2. The van der Waals surface area contributed by atoms with Crippen LogP contribution in [-0.4, -0.2) is 87.7 Å². The minimum absolute atomic E-state index is 0.0280. The molecule has 5 aliphatic rings. The highest BCUT2D eigenvalue weighted by molar-refractivity contribution is 8.02. The Balaban J connectivity index is 1.09. The highest BCUT2D eigenvalue weighted by Crippen LogP contribution is 2.59. The maximum atomic E-state index is 14.1. The van der Waals surface area contributed by atoms with Crippen molar-refractivity contribution in [2.24, 2.45) is 0 Å². The molecule has 1 unspecified atom stereocenters. The van der Waals surface area contributed by atoms with Crippen LogP contribution >= 0.6 is 11.8 Å². The van der Waals surface area contributed by atoms with Gasteiger partial charge in [0.2, 0.25) is 6.79 Å². The van der Waals surface area contributed by atoms with Gasteiger partial charge in [0, 0.05) is 58.7 Å². The highest BCUT2D eigenvalue weighted by Gasteiger charge is 2.57. The third-order valence-corrected chi connectivity index (χ3v) is 14.1. The van der Waals surface area contributed by atoms with Crippen molar-refractivity contribution in [3.8, 4) is 45.9 Å². The molecule has 0 spiro atoms. The molecule has 0 N–H and O–H groups in total. The smallest absolute Gasteiger partial charge is 0.334 e. The van der Waals surface area contributed by atoms with Crippen LogP contribution in [0, 0.1) is 25.2 Å². The number of fused-ring (bicyclic) bond motifs is 12. The van der Waals surface area contributed by atoms with Gasteiger partial charge in [0.1, 0.15) is 25.0 Å². The molecule has 61 heavy (non-hydrogen) atoms. The molecule has 4 aromatic carbocycles. The second kappa shape index (κ2) is 16.8. The molecule has 0 amide bonds. The molecule has 0 radical (unpaired) electrons. The molecule has 11 nitrogen and oxygen atoms in total. The van der Waals surface area contributed by atoms with Crippen LogP contribution in [0.3, 0.4) is 0 Å². The van der Waals surface area contributed by atoms with Gasteiger partial charge in [-0.15, -0.1) is 11.8 Å². The summed E-state index contributed by atoms with van der Waals surface area (Å²) in [6, 6.07) is 20.1. The average molecular weight is 842 g/mol. The molecule has 12 heteroatoms. The lowest BCUT2D eigenvalue weighted by molar-refractivity contribution is -0.144. The van der Waals surface area contributed by atoms with Crippen molar-refractivity contribution in [3.05, 3.63) is 123 Å². The maximum Gasteiger partial charge on any atom is 0.334 e. The van der Waals surface area contributed by atoms with Crippen LogP contribution in [0.2, 0.25) is 0 Å². The molecule has 5 atom stereocenters. The molecule has 1 fully saturated rings. The van der Waals surface area contributed by atoms with E-state index in [2.05, 4.69) is 84.1 Å². The van der Waals surface area contributed by atoms with E-state index in [4.69, 9.17) is 33.2 Å². The van der Waals surface area contributed by atoms with Gasteiger partial charge in [-0.2, -0.15) is 5.26 Å². The number of rotatable bonds is 13. The topological polar surface area (TPSA) is 112 Å². The van der Waals surface area contributed by atoms with Crippen LogP contribution in [0.1, 0.15) is 69.4 Å². The van der Waals surface area contributed by atoms with Gasteiger partial charge >= 0.3 is 5.97 Å². The SMILES string of the molecule is C=CCOc1c(C)c2c(c3c1CC1[C@@H]4c5c(cc(C)c(OC)c5OCOC)C[C@@H]([C@H](C#N)N1[C@H]3COC(=O)/C(C)=C\SCC1c3ccccc3-c3ccccc31)N4C)OCO2. The van der Waals surface area contributed by atoms with Crippen molar-refractivity contribution in [1.29, 1.82) is 5.26 Å². The molecule has 4 aromatic rings. The number of carbonyl (C=O) groups excluding carboxylic acids is 1. The van der Waals surface area contributed by atoms with E-state index in [-0.39, 0.29) is 50.8 Å². The number of nitriles is 1. The Bertz CT molecular complexity index is 2430. The zero-order valence-corrected chi connectivity index (χ0v) is 36.3. The molecule has 1 saturated heterocycles. The van der Waals surface area contributed by atoms with E-state index in [0.29, 0.717) is 47.2 Å². The number of hydrogen-bond acceptors (Lipinski definition) is 12. The minimum Gasteiger partial charge on any atom is -0.493 e. The summed E-state index contributed by atoms with van der Waals surface area (Å²) in [4.78, 5) is 18.6. The molecule has 2 bridgehead atoms. The first kappa shape index (κ1) is 40.9. The second-order valence-electron chi connectivity index (χ2n) is 16.3.